The first-order chi connectivity index (χ1) is 14.0. The van der Waals surface area contributed by atoms with E-state index in [-0.39, 0.29) is 58.3 Å². The molecule has 0 amide bonds. The molecule has 175 valence electrons. The predicted molar refractivity (Wildman–Crippen MR) is 123 cm³/mol. The van der Waals surface area contributed by atoms with Gasteiger partial charge in [0.15, 0.2) is 0 Å². The Bertz CT molecular complexity index is 744. The number of hydrogen-bond donors (Lipinski definition) is 3. The van der Waals surface area contributed by atoms with Crippen LogP contribution in [0.15, 0.2) is 0 Å². The molecule has 1 radical (unpaired) electrons. The van der Waals surface area contributed by atoms with Gasteiger partial charge >= 0.3 is 0 Å². The Hall–Kier alpha value is 0.830. The van der Waals surface area contributed by atoms with Crippen molar-refractivity contribution in [2.45, 2.75) is 97.2 Å². The molecule has 0 aromatic carbocycles. The summed E-state index contributed by atoms with van der Waals surface area (Å²) in [6.07, 6.45) is 9.31. The van der Waals surface area contributed by atoms with Crippen molar-refractivity contribution in [1.29, 1.82) is 0 Å². The van der Waals surface area contributed by atoms with Gasteiger partial charge in [0.2, 0.25) is 0 Å². The standard InChI is InChI=1S/C24H42O5S.Na/c1-15(5-4-12-30(27,28)29)18-6-7-19-22-20(9-11-24(18,19)3)23(2)10-8-17(25)13-16(23)14-21(22)26;/h15-22,25-26H,4-14H2,1-3H3,(H,27,28,29);/t15-,16+,17-,18-,19+,20+,21-,22+,23+,24-;/m1./s1. The van der Waals surface area contributed by atoms with Crippen LogP contribution in [-0.2, 0) is 10.1 Å². The summed E-state index contributed by atoms with van der Waals surface area (Å²) in [5.74, 6) is 2.78. The van der Waals surface area contributed by atoms with Crippen molar-refractivity contribution < 1.29 is 23.2 Å². The van der Waals surface area contributed by atoms with E-state index in [1.54, 1.807) is 0 Å². The maximum Gasteiger partial charge on any atom is 0.264 e. The van der Waals surface area contributed by atoms with Crippen LogP contribution < -0.4 is 0 Å². The number of aliphatic hydroxyl groups is 2. The minimum absolute atomic E-state index is 0. The Morgan fingerprint density at radius 2 is 1.61 bits per heavy atom. The number of rotatable bonds is 5. The summed E-state index contributed by atoms with van der Waals surface area (Å²) in [5.41, 5.74) is 0.473. The second kappa shape index (κ2) is 9.47. The average Bonchev–Trinajstić information content (AvgIpc) is 2.99. The molecule has 0 aliphatic heterocycles. The smallest absolute Gasteiger partial charge is 0.264 e. The van der Waals surface area contributed by atoms with Gasteiger partial charge in [0, 0.05) is 29.6 Å². The van der Waals surface area contributed by atoms with Gasteiger partial charge in [0.1, 0.15) is 0 Å². The molecule has 0 spiro atoms. The molecule has 0 aromatic rings. The number of fused-ring (bicyclic) bond motifs is 5. The topological polar surface area (TPSA) is 94.8 Å². The molecule has 0 heterocycles. The van der Waals surface area contributed by atoms with Gasteiger partial charge in [0.25, 0.3) is 10.1 Å². The van der Waals surface area contributed by atoms with Crippen molar-refractivity contribution in [3.8, 4) is 0 Å². The second-order valence-corrected chi connectivity index (χ2v) is 13.4. The monoisotopic (exact) mass is 465 g/mol. The Labute approximate surface area is 211 Å². The molecule has 4 saturated carbocycles. The molecule has 4 aliphatic rings. The first kappa shape index (κ1) is 26.4. The average molecular weight is 466 g/mol. The number of aliphatic hydroxyl groups excluding tert-OH is 2. The Balaban J connectivity index is 0.00000272. The van der Waals surface area contributed by atoms with Crippen molar-refractivity contribution in [2.75, 3.05) is 5.75 Å². The molecule has 31 heavy (non-hydrogen) atoms. The zero-order chi connectivity index (χ0) is 21.9. The summed E-state index contributed by atoms with van der Waals surface area (Å²) < 4.78 is 31.2. The Kier molecular flexibility index (Phi) is 8.07. The number of hydrogen-bond acceptors (Lipinski definition) is 4. The molecule has 4 fully saturated rings. The van der Waals surface area contributed by atoms with Crippen LogP contribution in [0.25, 0.3) is 0 Å². The molecule has 0 unspecified atom stereocenters. The van der Waals surface area contributed by atoms with Crippen molar-refractivity contribution in [3.05, 3.63) is 0 Å². The fourth-order valence-electron chi connectivity index (χ4n) is 8.96. The van der Waals surface area contributed by atoms with Gasteiger partial charge in [-0.15, -0.1) is 0 Å². The van der Waals surface area contributed by atoms with Gasteiger partial charge in [-0.1, -0.05) is 20.8 Å². The molecule has 4 rings (SSSR count). The molecule has 0 bridgehead atoms. The third-order valence-corrected chi connectivity index (χ3v) is 11.3. The van der Waals surface area contributed by atoms with Gasteiger partial charge in [0.05, 0.1) is 18.0 Å². The van der Waals surface area contributed by atoms with Gasteiger partial charge in [-0.3, -0.25) is 4.55 Å². The first-order valence-electron chi connectivity index (χ1n) is 12.3. The molecular weight excluding hydrogens is 423 g/mol. The van der Waals surface area contributed by atoms with Crippen LogP contribution in [0.1, 0.15) is 85.0 Å². The normalized spacial score (nSPS) is 48.1. The largest absolute Gasteiger partial charge is 0.393 e. The minimum atomic E-state index is -3.88. The van der Waals surface area contributed by atoms with E-state index >= 15 is 0 Å². The Morgan fingerprint density at radius 1 is 0.968 bits per heavy atom. The van der Waals surface area contributed by atoms with Gasteiger partial charge in [-0.05, 0) is 111 Å². The predicted octanol–water partition coefficient (Wildman–Crippen LogP) is 3.90. The van der Waals surface area contributed by atoms with E-state index in [1.807, 2.05) is 0 Å². The fourth-order valence-corrected chi connectivity index (χ4v) is 9.50. The van der Waals surface area contributed by atoms with Gasteiger partial charge in [-0.25, -0.2) is 0 Å². The second-order valence-electron chi connectivity index (χ2n) is 11.9. The molecule has 3 N–H and O–H groups in total. The summed E-state index contributed by atoms with van der Waals surface area (Å²) in [7, 11) is -3.88. The van der Waals surface area contributed by atoms with Crippen LogP contribution in [0.4, 0.5) is 0 Å². The van der Waals surface area contributed by atoms with E-state index in [0.717, 1.165) is 32.1 Å². The van der Waals surface area contributed by atoms with E-state index in [0.29, 0.717) is 41.9 Å². The van der Waals surface area contributed by atoms with Crippen molar-refractivity contribution >= 4 is 39.7 Å². The summed E-state index contributed by atoms with van der Waals surface area (Å²) in [6.45, 7) is 7.14. The van der Waals surface area contributed by atoms with Crippen LogP contribution in [0.5, 0.6) is 0 Å². The summed E-state index contributed by atoms with van der Waals surface area (Å²) in [4.78, 5) is 0. The molecule has 0 aromatic heterocycles. The third-order valence-electron chi connectivity index (χ3n) is 10.5. The van der Waals surface area contributed by atoms with Crippen molar-refractivity contribution in [2.24, 2.45) is 46.3 Å². The van der Waals surface area contributed by atoms with E-state index in [9.17, 15) is 18.6 Å². The maximum absolute atomic E-state index is 11.3. The molecule has 7 heteroatoms. The minimum Gasteiger partial charge on any atom is -0.393 e. The van der Waals surface area contributed by atoms with E-state index in [4.69, 9.17) is 4.55 Å². The summed E-state index contributed by atoms with van der Waals surface area (Å²) in [6, 6.07) is 0. The van der Waals surface area contributed by atoms with Crippen LogP contribution in [0.2, 0.25) is 0 Å². The van der Waals surface area contributed by atoms with Crippen molar-refractivity contribution in [3.63, 3.8) is 0 Å². The quantitative estimate of drug-likeness (QED) is 0.423. The zero-order valence-corrected chi connectivity index (χ0v) is 22.8. The third kappa shape index (κ3) is 4.83. The van der Waals surface area contributed by atoms with Gasteiger partial charge in [-0.2, -0.15) is 8.42 Å². The Morgan fingerprint density at radius 3 is 2.29 bits per heavy atom. The first-order valence-corrected chi connectivity index (χ1v) is 13.9. The molecular formula is C24H42NaO5S. The van der Waals surface area contributed by atoms with Crippen molar-refractivity contribution in [1.82, 2.24) is 0 Å². The van der Waals surface area contributed by atoms with E-state index in [1.165, 1.54) is 25.7 Å². The van der Waals surface area contributed by atoms with Crippen LogP contribution in [0.3, 0.4) is 0 Å². The van der Waals surface area contributed by atoms with E-state index < -0.39 is 10.1 Å². The van der Waals surface area contributed by atoms with Crippen LogP contribution >= 0.6 is 0 Å². The maximum atomic E-state index is 11.3. The van der Waals surface area contributed by atoms with Crippen LogP contribution in [0, 0.1) is 46.3 Å². The van der Waals surface area contributed by atoms with E-state index in [2.05, 4.69) is 20.8 Å². The summed E-state index contributed by atoms with van der Waals surface area (Å²) in [5, 5.41) is 21.5. The van der Waals surface area contributed by atoms with Crippen LogP contribution in [-0.4, -0.2) is 70.7 Å². The molecule has 4 aliphatic carbocycles. The SMILES string of the molecule is C[C@H](CCCS(=O)(=O)O)[C@H]1CC[C@H]2[C@@H]3[C@H](O)C[C@@H]4C[C@H](O)CC[C@]4(C)[C@H]3CC[C@]12C.[Na]. The summed E-state index contributed by atoms with van der Waals surface area (Å²) >= 11 is 0. The molecule has 5 nitrogen and oxygen atoms in total. The molecule has 10 atom stereocenters. The van der Waals surface area contributed by atoms with Gasteiger partial charge < -0.3 is 10.2 Å². The fraction of sp³-hybridized carbons (Fsp3) is 1.00. The zero-order valence-electron chi connectivity index (χ0n) is 20.0. The molecule has 0 saturated heterocycles.